The number of thiophene rings is 1. The fourth-order valence-corrected chi connectivity index (χ4v) is 5.95. The normalized spacial score (nSPS) is 32.4. The minimum atomic E-state index is 0.373. The molecule has 1 aromatic heterocycles. The van der Waals surface area contributed by atoms with Gasteiger partial charge in [0.25, 0.3) is 0 Å². The summed E-state index contributed by atoms with van der Waals surface area (Å²) in [6.07, 6.45) is 7.03. The quantitative estimate of drug-likeness (QED) is 0.648. The molecule has 1 aliphatic heterocycles. The Hall–Kier alpha value is -1.07. The first-order chi connectivity index (χ1) is 11.7. The number of aliphatic imine (C=N–C) groups is 1. The van der Waals surface area contributed by atoms with Crippen LogP contribution in [0, 0.1) is 11.3 Å². The van der Waals surface area contributed by atoms with Crippen molar-refractivity contribution in [3.8, 4) is 0 Å². The highest BCUT2D eigenvalue weighted by Gasteiger charge is 2.65. The molecular formula is C19H29N3OS. The number of hydrogen-bond acceptors (Lipinski definition) is 3. The molecule has 0 radical (unpaired) electrons. The maximum Gasteiger partial charge on any atom is 0.191 e. The molecule has 4 atom stereocenters. The number of fused-ring (bicyclic) bond motifs is 2. The van der Waals surface area contributed by atoms with Crippen molar-refractivity contribution in [2.75, 3.05) is 20.2 Å². The van der Waals surface area contributed by atoms with Gasteiger partial charge in [-0.25, -0.2) is 0 Å². The van der Waals surface area contributed by atoms with Gasteiger partial charge in [0.15, 0.2) is 5.96 Å². The van der Waals surface area contributed by atoms with E-state index < -0.39 is 0 Å². The lowest BCUT2D eigenvalue weighted by atomic mass is 9.54. The van der Waals surface area contributed by atoms with Crippen LogP contribution >= 0.6 is 11.3 Å². The first-order valence-corrected chi connectivity index (χ1v) is 10.3. The maximum absolute atomic E-state index is 6.08. The zero-order valence-corrected chi connectivity index (χ0v) is 15.6. The van der Waals surface area contributed by atoms with Gasteiger partial charge < -0.3 is 15.4 Å². The van der Waals surface area contributed by atoms with Crippen LogP contribution in [-0.4, -0.2) is 38.3 Å². The molecule has 1 saturated heterocycles. The van der Waals surface area contributed by atoms with E-state index in [0.717, 1.165) is 19.1 Å². The van der Waals surface area contributed by atoms with Crippen LogP contribution < -0.4 is 10.6 Å². The van der Waals surface area contributed by atoms with Crippen LogP contribution in [0.4, 0.5) is 0 Å². The highest BCUT2D eigenvalue weighted by molar-refractivity contribution is 7.07. The monoisotopic (exact) mass is 347 g/mol. The molecule has 24 heavy (non-hydrogen) atoms. The van der Waals surface area contributed by atoms with Crippen LogP contribution in [0.1, 0.15) is 50.5 Å². The highest BCUT2D eigenvalue weighted by atomic mass is 32.1. The Morgan fingerprint density at radius 1 is 1.46 bits per heavy atom. The fourth-order valence-electron chi connectivity index (χ4n) is 5.17. The zero-order chi connectivity index (χ0) is 16.6. The molecule has 3 aliphatic rings. The molecule has 5 heteroatoms. The molecule has 3 fully saturated rings. The number of rotatable bonds is 4. The number of hydrogen-bond donors (Lipinski definition) is 2. The molecule has 132 valence electrons. The summed E-state index contributed by atoms with van der Waals surface area (Å²) in [5.74, 6) is 2.13. The standard InChI is InChI=1S/C19H29N3OS/c1-13(14-6-10-24-12-14)11-21-18(20-2)22-16-15-5-9-23-17(15)19(16)7-3-4-8-19/h6,10,12-13,15-17H,3-5,7-9,11H2,1-2H3,(H2,20,21,22). The van der Waals surface area contributed by atoms with Crippen molar-refractivity contribution in [1.82, 2.24) is 10.6 Å². The summed E-state index contributed by atoms with van der Waals surface area (Å²) in [5.41, 5.74) is 1.78. The molecule has 4 unspecified atom stereocenters. The molecule has 0 aromatic carbocycles. The molecule has 2 heterocycles. The van der Waals surface area contributed by atoms with Gasteiger partial charge in [0.2, 0.25) is 0 Å². The molecule has 2 saturated carbocycles. The lowest BCUT2D eigenvalue weighted by Crippen LogP contribution is -2.69. The third-order valence-corrected chi connectivity index (χ3v) is 7.19. The lowest BCUT2D eigenvalue weighted by molar-refractivity contribution is -0.125. The fraction of sp³-hybridized carbons (Fsp3) is 0.737. The Morgan fingerprint density at radius 3 is 3.00 bits per heavy atom. The molecule has 4 rings (SSSR count). The zero-order valence-electron chi connectivity index (χ0n) is 14.8. The van der Waals surface area contributed by atoms with Crippen LogP contribution in [0.15, 0.2) is 21.8 Å². The maximum atomic E-state index is 6.08. The summed E-state index contributed by atoms with van der Waals surface area (Å²) >= 11 is 1.77. The minimum absolute atomic E-state index is 0.373. The summed E-state index contributed by atoms with van der Waals surface area (Å²) < 4.78 is 6.08. The largest absolute Gasteiger partial charge is 0.377 e. The van der Waals surface area contributed by atoms with Crippen molar-refractivity contribution < 1.29 is 4.74 Å². The molecule has 2 aliphatic carbocycles. The van der Waals surface area contributed by atoms with Crippen molar-refractivity contribution in [2.24, 2.45) is 16.3 Å². The number of guanidine groups is 1. The van der Waals surface area contributed by atoms with Crippen molar-refractivity contribution in [3.05, 3.63) is 22.4 Å². The predicted octanol–water partition coefficient (Wildman–Crippen LogP) is 3.36. The van der Waals surface area contributed by atoms with Crippen molar-refractivity contribution in [1.29, 1.82) is 0 Å². The van der Waals surface area contributed by atoms with Gasteiger partial charge in [0, 0.05) is 37.6 Å². The first-order valence-electron chi connectivity index (χ1n) is 9.35. The van der Waals surface area contributed by atoms with Gasteiger partial charge in [0.05, 0.1) is 6.10 Å². The summed E-state index contributed by atoms with van der Waals surface area (Å²) in [6, 6.07) is 2.75. The predicted molar refractivity (Wildman–Crippen MR) is 99.8 cm³/mol. The van der Waals surface area contributed by atoms with Gasteiger partial charge in [0.1, 0.15) is 0 Å². The van der Waals surface area contributed by atoms with Crippen LogP contribution in [-0.2, 0) is 4.74 Å². The average Bonchev–Trinajstić information content (AvgIpc) is 3.33. The van der Waals surface area contributed by atoms with E-state index in [4.69, 9.17) is 4.74 Å². The molecule has 4 nitrogen and oxygen atoms in total. The van der Waals surface area contributed by atoms with Gasteiger partial charge in [-0.2, -0.15) is 11.3 Å². The van der Waals surface area contributed by atoms with Gasteiger partial charge in [-0.05, 0) is 47.6 Å². The Kier molecular flexibility index (Phi) is 4.56. The van der Waals surface area contributed by atoms with E-state index in [-0.39, 0.29) is 0 Å². The van der Waals surface area contributed by atoms with E-state index in [1.54, 1.807) is 11.3 Å². The number of ether oxygens (including phenoxy) is 1. The van der Waals surface area contributed by atoms with Crippen LogP contribution in [0.5, 0.6) is 0 Å². The van der Waals surface area contributed by atoms with Crippen molar-refractivity contribution in [3.63, 3.8) is 0 Å². The molecule has 0 bridgehead atoms. The van der Waals surface area contributed by atoms with E-state index in [9.17, 15) is 0 Å². The molecule has 2 N–H and O–H groups in total. The summed E-state index contributed by atoms with van der Waals surface area (Å²) in [7, 11) is 1.88. The summed E-state index contributed by atoms with van der Waals surface area (Å²) in [5, 5.41) is 11.7. The van der Waals surface area contributed by atoms with Gasteiger partial charge in [-0.15, -0.1) is 0 Å². The Bertz CT molecular complexity index is 579. The molecule has 1 aromatic rings. The Morgan fingerprint density at radius 2 is 2.29 bits per heavy atom. The van der Waals surface area contributed by atoms with Crippen molar-refractivity contribution in [2.45, 2.75) is 57.1 Å². The van der Waals surface area contributed by atoms with Crippen molar-refractivity contribution >= 4 is 17.3 Å². The van der Waals surface area contributed by atoms with Gasteiger partial charge >= 0.3 is 0 Å². The SMILES string of the molecule is CN=C(NCC(C)c1ccsc1)NC1C2CCOC2C12CCCC2. The first kappa shape index (κ1) is 16.4. The summed E-state index contributed by atoms with van der Waals surface area (Å²) in [4.78, 5) is 4.49. The highest BCUT2D eigenvalue weighted by Crippen LogP contribution is 2.60. The second kappa shape index (κ2) is 6.68. The number of nitrogens with zero attached hydrogens (tertiary/aromatic N) is 1. The minimum Gasteiger partial charge on any atom is -0.377 e. The Balaban J connectivity index is 1.38. The van der Waals surface area contributed by atoms with Gasteiger partial charge in [-0.3, -0.25) is 4.99 Å². The molecule has 0 amide bonds. The lowest BCUT2D eigenvalue weighted by Gasteiger charge is -2.57. The topological polar surface area (TPSA) is 45.7 Å². The van der Waals surface area contributed by atoms with E-state index in [2.05, 4.69) is 39.4 Å². The van der Waals surface area contributed by atoms with Crippen LogP contribution in [0.2, 0.25) is 0 Å². The van der Waals surface area contributed by atoms with E-state index >= 15 is 0 Å². The summed E-state index contributed by atoms with van der Waals surface area (Å²) in [6.45, 7) is 4.13. The van der Waals surface area contributed by atoms with Gasteiger partial charge in [-0.1, -0.05) is 19.8 Å². The third kappa shape index (κ3) is 2.66. The third-order valence-electron chi connectivity index (χ3n) is 6.49. The van der Waals surface area contributed by atoms with Crippen LogP contribution in [0.25, 0.3) is 0 Å². The second-order valence-corrected chi connectivity index (χ2v) is 8.50. The smallest absolute Gasteiger partial charge is 0.191 e. The Labute approximate surface area is 149 Å². The van der Waals surface area contributed by atoms with Crippen LogP contribution in [0.3, 0.4) is 0 Å². The average molecular weight is 348 g/mol. The number of nitrogens with one attached hydrogen (secondary N) is 2. The van der Waals surface area contributed by atoms with E-state index in [1.807, 2.05) is 7.05 Å². The van der Waals surface area contributed by atoms with E-state index in [1.165, 1.54) is 37.7 Å². The molecule has 1 spiro atoms. The van der Waals surface area contributed by atoms with E-state index in [0.29, 0.717) is 29.4 Å². The second-order valence-electron chi connectivity index (χ2n) is 7.72. The molecular weight excluding hydrogens is 318 g/mol.